The molecule has 120 valence electrons. The first-order valence-corrected chi connectivity index (χ1v) is 7.98. The first kappa shape index (κ1) is 16.7. The highest BCUT2D eigenvalue weighted by atomic mass is 79.9. The Labute approximate surface area is 135 Å². The van der Waals surface area contributed by atoms with E-state index < -0.39 is 17.3 Å². The van der Waals surface area contributed by atoms with Crippen molar-refractivity contribution in [1.82, 2.24) is 18.7 Å². The number of rotatable bonds is 5. The highest BCUT2D eigenvalue weighted by molar-refractivity contribution is 9.10. The summed E-state index contributed by atoms with van der Waals surface area (Å²) in [5.41, 5.74) is -0.244. The van der Waals surface area contributed by atoms with Crippen LogP contribution in [0.25, 0.3) is 11.2 Å². The number of aryl methyl sites for hydroxylation is 1. The van der Waals surface area contributed by atoms with Crippen molar-refractivity contribution in [2.24, 2.45) is 7.05 Å². The zero-order valence-corrected chi connectivity index (χ0v) is 14.7. The van der Waals surface area contributed by atoms with Crippen molar-refractivity contribution in [2.45, 2.75) is 46.2 Å². The fraction of sp³-hybridized carbons (Fsp3) is 0.571. The summed E-state index contributed by atoms with van der Waals surface area (Å²) >= 11 is 3.28. The van der Waals surface area contributed by atoms with Crippen molar-refractivity contribution in [3.8, 4) is 0 Å². The van der Waals surface area contributed by atoms with Gasteiger partial charge in [0.2, 0.25) is 0 Å². The van der Waals surface area contributed by atoms with Crippen LogP contribution < -0.4 is 11.2 Å². The van der Waals surface area contributed by atoms with Crippen LogP contribution in [0.2, 0.25) is 0 Å². The molecule has 0 N–H and O–H groups in total. The Hall–Kier alpha value is -1.70. The van der Waals surface area contributed by atoms with Crippen molar-refractivity contribution in [3.05, 3.63) is 25.6 Å². The number of carbonyl (C=O) groups is 1. The van der Waals surface area contributed by atoms with Gasteiger partial charge >= 0.3 is 5.69 Å². The fourth-order valence-electron chi connectivity index (χ4n) is 2.36. The molecule has 0 aromatic carbocycles. The molecule has 0 bridgehead atoms. The fourth-order valence-corrected chi connectivity index (χ4v) is 3.01. The van der Waals surface area contributed by atoms with Crippen LogP contribution in [0.1, 0.15) is 39.7 Å². The van der Waals surface area contributed by atoms with E-state index in [1.807, 2.05) is 6.92 Å². The Kier molecular flexibility index (Phi) is 4.69. The Morgan fingerprint density at radius 2 is 2.00 bits per heavy atom. The maximum Gasteiger partial charge on any atom is 0.332 e. The van der Waals surface area contributed by atoms with Gasteiger partial charge in [-0.2, -0.15) is 0 Å². The van der Waals surface area contributed by atoms with Crippen LogP contribution in [-0.2, 0) is 18.4 Å². The highest BCUT2D eigenvalue weighted by Crippen LogP contribution is 2.22. The van der Waals surface area contributed by atoms with Gasteiger partial charge in [0.05, 0.1) is 6.04 Å². The Bertz CT molecular complexity index is 846. The number of ketones is 1. The molecule has 0 amide bonds. The monoisotopic (exact) mass is 370 g/mol. The average molecular weight is 371 g/mol. The van der Waals surface area contributed by atoms with E-state index in [0.29, 0.717) is 11.3 Å². The van der Waals surface area contributed by atoms with Gasteiger partial charge in [-0.15, -0.1) is 0 Å². The van der Waals surface area contributed by atoms with E-state index in [4.69, 9.17) is 0 Å². The zero-order chi connectivity index (χ0) is 16.6. The molecule has 0 radical (unpaired) electrons. The van der Waals surface area contributed by atoms with Crippen LogP contribution in [0.4, 0.5) is 0 Å². The minimum Gasteiger partial charge on any atom is -0.302 e. The molecule has 0 spiro atoms. The summed E-state index contributed by atoms with van der Waals surface area (Å²) in [4.78, 5) is 41.0. The lowest BCUT2D eigenvalue weighted by atomic mass is 10.2. The minimum atomic E-state index is -0.538. The summed E-state index contributed by atoms with van der Waals surface area (Å²) in [5.74, 6) is -0.0895. The lowest BCUT2D eigenvalue weighted by Crippen LogP contribution is -2.40. The summed E-state index contributed by atoms with van der Waals surface area (Å²) in [5, 5.41) is 0. The van der Waals surface area contributed by atoms with Gasteiger partial charge in [0.15, 0.2) is 21.7 Å². The summed E-state index contributed by atoms with van der Waals surface area (Å²) in [6, 6.07) is -0.538. The molecule has 0 aliphatic heterocycles. The average Bonchev–Trinajstić information content (AvgIpc) is 2.81. The molecule has 7 nitrogen and oxygen atoms in total. The molecule has 0 saturated heterocycles. The molecular weight excluding hydrogens is 352 g/mol. The molecule has 2 aromatic heterocycles. The third kappa shape index (κ3) is 2.55. The van der Waals surface area contributed by atoms with Crippen molar-refractivity contribution in [3.63, 3.8) is 0 Å². The lowest BCUT2D eigenvalue weighted by molar-refractivity contribution is -0.119. The van der Waals surface area contributed by atoms with E-state index in [2.05, 4.69) is 20.9 Å². The van der Waals surface area contributed by atoms with Gasteiger partial charge in [0.25, 0.3) is 5.56 Å². The standard InChI is InChI=1S/C14H19BrN4O3/c1-5-6-7-18-12(21)10-11(17(4)14(18)22)16-13(15)19(10)8(2)9(3)20/h8H,5-7H2,1-4H3. The molecule has 0 saturated carbocycles. The second-order valence-corrected chi connectivity index (χ2v) is 6.07. The van der Waals surface area contributed by atoms with Crippen LogP contribution in [0.5, 0.6) is 0 Å². The maximum atomic E-state index is 12.7. The zero-order valence-electron chi connectivity index (χ0n) is 13.1. The van der Waals surface area contributed by atoms with Gasteiger partial charge < -0.3 is 4.57 Å². The van der Waals surface area contributed by atoms with E-state index in [0.717, 1.165) is 12.8 Å². The number of Topliss-reactive ketones (excluding diaryl/α,β-unsaturated/α-hetero) is 1. The van der Waals surface area contributed by atoms with E-state index in [1.54, 1.807) is 18.5 Å². The molecule has 8 heteroatoms. The number of hydrogen-bond acceptors (Lipinski definition) is 4. The molecule has 2 heterocycles. The smallest absolute Gasteiger partial charge is 0.302 e. The van der Waals surface area contributed by atoms with Crippen LogP contribution >= 0.6 is 15.9 Å². The number of unbranched alkanes of at least 4 members (excludes halogenated alkanes) is 1. The summed E-state index contributed by atoms with van der Waals surface area (Å²) in [7, 11) is 1.58. The quantitative estimate of drug-likeness (QED) is 0.748. The number of carbonyl (C=O) groups excluding carboxylic acids is 1. The molecule has 0 aliphatic carbocycles. The van der Waals surface area contributed by atoms with Gasteiger partial charge in [0.1, 0.15) is 0 Å². The SMILES string of the molecule is CCCCn1c(=O)c2c(nc(Br)n2C(C)C(C)=O)n(C)c1=O. The normalized spacial score (nSPS) is 12.8. The lowest BCUT2D eigenvalue weighted by Gasteiger charge is -2.13. The number of halogens is 1. The largest absolute Gasteiger partial charge is 0.332 e. The van der Waals surface area contributed by atoms with Gasteiger partial charge in [-0.05, 0) is 36.2 Å². The topological polar surface area (TPSA) is 78.9 Å². The van der Waals surface area contributed by atoms with E-state index >= 15 is 0 Å². The second-order valence-electron chi connectivity index (χ2n) is 5.36. The molecule has 22 heavy (non-hydrogen) atoms. The highest BCUT2D eigenvalue weighted by Gasteiger charge is 2.23. The third-order valence-corrected chi connectivity index (χ3v) is 4.40. The number of nitrogens with zero attached hydrogens (tertiary/aromatic N) is 4. The summed E-state index contributed by atoms with van der Waals surface area (Å²) in [6.07, 6.45) is 1.61. The van der Waals surface area contributed by atoms with Crippen molar-refractivity contribution in [2.75, 3.05) is 0 Å². The van der Waals surface area contributed by atoms with Crippen LogP contribution in [0.3, 0.4) is 0 Å². The van der Waals surface area contributed by atoms with Crippen molar-refractivity contribution in [1.29, 1.82) is 0 Å². The Balaban J connectivity index is 2.88. The van der Waals surface area contributed by atoms with E-state index in [1.165, 1.54) is 16.1 Å². The van der Waals surface area contributed by atoms with E-state index in [-0.39, 0.29) is 16.9 Å². The van der Waals surface area contributed by atoms with E-state index in [9.17, 15) is 14.4 Å². The van der Waals surface area contributed by atoms with Crippen molar-refractivity contribution < 1.29 is 4.79 Å². The Morgan fingerprint density at radius 1 is 1.36 bits per heavy atom. The molecule has 2 aromatic rings. The second kappa shape index (κ2) is 6.20. The van der Waals surface area contributed by atoms with Gasteiger partial charge in [-0.25, -0.2) is 9.78 Å². The number of fused-ring (bicyclic) bond motifs is 1. The minimum absolute atomic E-state index is 0.0895. The van der Waals surface area contributed by atoms with Crippen LogP contribution in [-0.4, -0.2) is 24.5 Å². The summed E-state index contributed by atoms with van der Waals surface area (Å²) in [6.45, 7) is 5.51. The van der Waals surface area contributed by atoms with Crippen molar-refractivity contribution >= 4 is 32.9 Å². The molecule has 0 aliphatic rings. The predicted octanol–water partition coefficient (Wildman–Crippen LogP) is 1.61. The molecule has 0 fully saturated rings. The summed E-state index contributed by atoms with van der Waals surface area (Å²) < 4.78 is 4.47. The third-order valence-electron chi connectivity index (χ3n) is 3.84. The molecule has 1 unspecified atom stereocenters. The molecular formula is C14H19BrN4O3. The number of hydrogen-bond donors (Lipinski definition) is 0. The number of aromatic nitrogens is 4. The number of imidazole rings is 1. The molecule has 2 rings (SSSR count). The maximum absolute atomic E-state index is 12.7. The van der Waals surface area contributed by atoms with Gasteiger partial charge in [0, 0.05) is 13.6 Å². The van der Waals surface area contributed by atoms with Crippen LogP contribution in [0.15, 0.2) is 14.3 Å². The Morgan fingerprint density at radius 3 is 2.55 bits per heavy atom. The van der Waals surface area contributed by atoms with Gasteiger partial charge in [-0.3, -0.25) is 18.7 Å². The molecule has 1 atom stereocenters. The predicted molar refractivity (Wildman–Crippen MR) is 87.2 cm³/mol. The first-order chi connectivity index (χ1) is 10.3. The van der Waals surface area contributed by atoms with Gasteiger partial charge in [-0.1, -0.05) is 13.3 Å². The van der Waals surface area contributed by atoms with Crippen LogP contribution in [0, 0.1) is 0 Å². The first-order valence-electron chi connectivity index (χ1n) is 7.18.